The zero-order valence-electron chi connectivity index (χ0n) is 35.0. The highest BCUT2D eigenvalue weighted by Gasteiger charge is 2.14. The highest BCUT2D eigenvalue weighted by Crippen LogP contribution is 2.36. The summed E-state index contributed by atoms with van der Waals surface area (Å²) in [6.07, 6.45) is 9.38. The van der Waals surface area contributed by atoms with Crippen molar-refractivity contribution >= 4 is 40.6 Å². The highest BCUT2D eigenvalue weighted by molar-refractivity contribution is 5.91. The molecular weight excluding hydrogens is 763 g/mol. The monoisotopic (exact) mass is 813 g/mol. The van der Waals surface area contributed by atoms with Crippen LogP contribution >= 0.6 is 0 Å². The Balaban J connectivity index is 1.08. The molecule has 0 unspecified atom stereocenters. The summed E-state index contributed by atoms with van der Waals surface area (Å²) < 4.78 is 10.3. The van der Waals surface area contributed by atoms with Gasteiger partial charge in [0, 0.05) is 29.2 Å². The van der Waals surface area contributed by atoms with Crippen molar-refractivity contribution in [3.05, 3.63) is 257 Å². The second-order valence-electron chi connectivity index (χ2n) is 15.2. The van der Waals surface area contributed by atoms with E-state index in [0.29, 0.717) is 0 Å². The van der Waals surface area contributed by atoms with Crippen LogP contribution in [0, 0.1) is 0 Å². The van der Waals surface area contributed by atoms with Crippen molar-refractivity contribution in [3.8, 4) is 0 Å². The molecule has 0 aromatic heterocycles. The largest absolute Gasteiger partial charge is 0.458 e. The molecule has 7 rings (SSSR count). The van der Waals surface area contributed by atoms with Crippen molar-refractivity contribution in [2.24, 2.45) is 0 Å². The Morgan fingerprint density at radius 3 is 1.15 bits per heavy atom. The summed E-state index contributed by atoms with van der Waals surface area (Å²) >= 11 is 0. The van der Waals surface area contributed by atoms with Gasteiger partial charge in [0.2, 0.25) is 0 Å². The van der Waals surface area contributed by atoms with Crippen LogP contribution in [0.4, 0.5) is 17.1 Å². The van der Waals surface area contributed by atoms with Crippen LogP contribution in [0.2, 0.25) is 0 Å². The maximum atomic E-state index is 11.4. The Bertz CT molecular complexity index is 2520. The molecule has 0 spiro atoms. The fourth-order valence-corrected chi connectivity index (χ4v) is 7.34. The van der Waals surface area contributed by atoms with Crippen LogP contribution in [0.5, 0.6) is 0 Å². The molecule has 5 nitrogen and oxygen atoms in total. The molecule has 7 aromatic carbocycles. The first kappa shape index (κ1) is 42.6. The summed E-state index contributed by atoms with van der Waals surface area (Å²) in [4.78, 5) is 25.2. The first-order valence-electron chi connectivity index (χ1n) is 21.1. The van der Waals surface area contributed by atoms with Gasteiger partial charge in [-0.3, -0.25) is 0 Å². The van der Waals surface area contributed by atoms with Gasteiger partial charge in [0.15, 0.2) is 0 Å². The Morgan fingerprint density at radius 2 is 0.758 bits per heavy atom. The quantitative estimate of drug-likeness (QED) is 0.0462. The minimum atomic E-state index is -0.419. The molecule has 0 aliphatic heterocycles. The van der Waals surface area contributed by atoms with Crippen molar-refractivity contribution in [1.29, 1.82) is 0 Å². The Morgan fingerprint density at radius 1 is 0.419 bits per heavy atom. The lowest BCUT2D eigenvalue weighted by atomic mass is 9.95. The van der Waals surface area contributed by atoms with Gasteiger partial charge >= 0.3 is 11.9 Å². The van der Waals surface area contributed by atoms with Gasteiger partial charge in [-0.1, -0.05) is 159 Å². The molecule has 0 aliphatic rings. The predicted octanol–water partition coefficient (Wildman–Crippen LogP) is 13.2. The topological polar surface area (TPSA) is 55.8 Å². The first-order valence-corrected chi connectivity index (χ1v) is 21.1. The number of ether oxygens (including phenoxy) is 2. The number of nitrogens with zero attached hydrogens (tertiary/aromatic N) is 1. The standard InChI is InChI=1S/C57H51NO4/c1-3-56(59)61-41-48-24-20-43(21-25-48)12-11-13-44-28-34-52(35-29-44)58(53-36-30-46(31-37-53)19-18-45-22-26-49(27-23-45)42-62-57(60)4-2)54-38-32-47(33-39-54)40-55(50-14-7-5-8-15-50)51-16-9-6-10-17-51/h3-10,14-17,20-40H,1-2,11-13,18-19,41-42H2. The van der Waals surface area contributed by atoms with E-state index in [1.165, 1.54) is 51.1 Å². The molecule has 0 saturated carbocycles. The molecule has 0 atom stereocenters. The Hall–Kier alpha value is -7.50. The Kier molecular flexibility index (Phi) is 14.9. The van der Waals surface area contributed by atoms with Gasteiger partial charge < -0.3 is 14.4 Å². The highest BCUT2D eigenvalue weighted by atomic mass is 16.5. The van der Waals surface area contributed by atoms with E-state index in [-0.39, 0.29) is 13.2 Å². The van der Waals surface area contributed by atoms with Gasteiger partial charge in [0.1, 0.15) is 13.2 Å². The Labute approximate surface area is 365 Å². The molecule has 0 radical (unpaired) electrons. The third kappa shape index (κ3) is 12.0. The van der Waals surface area contributed by atoms with E-state index in [4.69, 9.17) is 9.47 Å². The van der Waals surface area contributed by atoms with Crippen LogP contribution in [0.3, 0.4) is 0 Å². The third-order valence-corrected chi connectivity index (χ3v) is 10.8. The van der Waals surface area contributed by atoms with Crippen molar-refractivity contribution in [2.75, 3.05) is 4.90 Å². The van der Waals surface area contributed by atoms with Crippen LogP contribution in [0.1, 0.15) is 56.5 Å². The maximum absolute atomic E-state index is 11.4. The number of hydrogen-bond donors (Lipinski definition) is 0. The van der Waals surface area contributed by atoms with E-state index in [0.717, 1.165) is 65.9 Å². The zero-order chi connectivity index (χ0) is 42.9. The number of hydrogen-bond acceptors (Lipinski definition) is 5. The number of anilines is 3. The number of benzene rings is 7. The van der Waals surface area contributed by atoms with Gasteiger partial charge in [-0.05, 0) is 130 Å². The van der Waals surface area contributed by atoms with Gasteiger partial charge in [-0.15, -0.1) is 0 Å². The second-order valence-corrected chi connectivity index (χ2v) is 15.2. The number of carbonyl (C=O) groups excluding carboxylic acids is 2. The molecule has 0 fully saturated rings. The second kappa shape index (κ2) is 21.7. The van der Waals surface area contributed by atoms with Gasteiger partial charge in [-0.2, -0.15) is 0 Å². The van der Waals surface area contributed by atoms with Crippen LogP contribution in [0.15, 0.2) is 207 Å². The molecule has 0 aliphatic carbocycles. The minimum Gasteiger partial charge on any atom is -0.458 e. The van der Waals surface area contributed by atoms with E-state index >= 15 is 0 Å². The van der Waals surface area contributed by atoms with Crippen LogP contribution in [-0.4, -0.2) is 11.9 Å². The summed E-state index contributed by atoms with van der Waals surface area (Å²) in [5.74, 6) is -0.834. The summed E-state index contributed by atoms with van der Waals surface area (Å²) in [5.41, 5.74) is 14.8. The predicted molar refractivity (Wildman–Crippen MR) is 253 cm³/mol. The lowest BCUT2D eigenvalue weighted by molar-refractivity contribution is -0.139. The van der Waals surface area contributed by atoms with Crippen LogP contribution in [0.25, 0.3) is 11.6 Å². The number of rotatable bonds is 19. The van der Waals surface area contributed by atoms with Crippen LogP contribution in [-0.2, 0) is 58.0 Å². The van der Waals surface area contributed by atoms with Gasteiger partial charge in [0.05, 0.1) is 0 Å². The molecule has 0 N–H and O–H groups in total. The van der Waals surface area contributed by atoms with Crippen molar-refractivity contribution in [1.82, 2.24) is 0 Å². The van der Waals surface area contributed by atoms with E-state index in [1.54, 1.807) is 0 Å². The van der Waals surface area contributed by atoms with Crippen molar-refractivity contribution in [2.45, 2.75) is 45.3 Å². The average Bonchev–Trinajstić information content (AvgIpc) is 3.33. The minimum absolute atomic E-state index is 0.239. The molecule has 308 valence electrons. The third-order valence-electron chi connectivity index (χ3n) is 10.8. The maximum Gasteiger partial charge on any atom is 0.330 e. The number of carbonyl (C=O) groups is 2. The molecule has 0 saturated heterocycles. The lowest BCUT2D eigenvalue weighted by Crippen LogP contribution is -2.10. The number of esters is 2. The SMILES string of the molecule is C=CC(=O)OCc1ccc(CCCc2ccc(N(c3ccc(C=C(c4ccccc4)c4ccccc4)cc3)c3ccc(CCc4ccc(COC(=O)C=C)cc4)cc3)cc2)cc1. The summed E-state index contributed by atoms with van der Waals surface area (Å²) in [6, 6.07) is 64.2. The molecular formula is C57H51NO4. The van der Waals surface area contributed by atoms with Crippen molar-refractivity contribution in [3.63, 3.8) is 0 Å². The van der Waals surface area contributed by atoms with Gasteiger partial charge in [0.25, 0.3) is 0 Å². The summed E-state index contributed by atoms with van der Waals surface area (Å²) in [6.45, 7) is 7.39. The summed E-state index contributed by atoms with van der Waals surface area (Å²) in [7, 11) is 0. The van der Waals surface area contributed by atoms with E-state index in [9.17, 15) is 9.59 Å². The fraction of sp³-hybridized carbons (Fsp3) is 0.123. The van der Waals surface area contributed by atoms with Crippen LogP contribution < -0.4 is 4.90 Å². The molecule has 0 amide bonds. The van der Waals surface area contributed by atoms with Gasteiger partial charge in [-0.25, -0.2) is 9.59 Å². The molecule has 7 aromatic rings. The fourth-order valence-electron chi connectivity index (χ4n) is 7.34. The number of aryl methyl sites for hydroxylation is 4. The van der Waals surface area contributed by atoms with Crippen molar-refractivity contribution < 1.29 is 19.1 Å². The molecule has 5 heteroatoms. The molecule has 62 heavy (non-hydrogen) atoms. The lowest BCUT2D eigenvalue weighted by Gasteiger charge is -2.26. The molecule has 0 bridgehead atoms. The van der Waals surface area contributed by atoms with E-state index in [2.05, 4.69) is 182 Å². The van der Waals surface area contributed by atoms with E-state index in [1.807, 2.05) is 24.3 Å². The van der Waals surface area contributed by atoms with E-state index < -0.39 is 11.9 Å². The normalized spacial score (nSPS) is 10.6. The summed E-state index contributed by atoms with van der Waals surface area (Å²) in [5, 5.41) is 0. The smallest absolute Gasteiger partial charge is 0.330 e. The average molecular weight is 814 g/mol. The first-order chi connectivity index (χ1) is 30.4. The molecule has 0 heterocycles. The zero-order valence-corrected chi connectivity index (χ0v) is 35.0.